The molecule has 2 aliphatic heterocycles. The Morgan fingerprint density at radius 2 is 1.90 bits per heavy atom. The predicted octanol–water partition coefficient (Wildman–Crippen LogP) is 3.23. The number of carbonyl (C=O) groups excluding carboxylic acids is 1. The van der Waals surface area contributed by atoms with E-state index in [1.54, 1.807) is 22.7 Å². The Labute approximate surface area is 177 Å². The van der Waals surface area contributed by atoms with Crippen LogP contribution in [0.2, 0.25) is 0 Å². The van der Waals surface area contributed by atoms with Gasteiger partial charge in [0.15, 0.2) is 0 Å². The molecule has 30 heavy (non-hydrogen) atoms. The van der Waals surface area contributed by atoms with Gasteiger partial charge in [0, 0.05) is 33.0 Å². The number of likely N-dealkylation sites (tertiary alicyclic amines) is 1. The highest BCUT2D eigenvalue weighted by atomic mass is 32.2. The van der Waals surface area contributed by atoms with Crippen LogP contribution >= 0.6 is 11.8 Å². The van der Waals surface area contributed by atoms with Gasteiger partial charge in [0.2, 0.25) is 5.91 Å². The summed E-state index contributed by atoms with van der Waals surface area (Å²) in [7, 11) is 1.82. The summed E-state index contributed by atoms with van der Waals surface area (Å²) in [6.07, 6.45) is -1.28. The van der Waals surface area contributed by atoms with Crippen molar-refractivity contribution in [2.45, 2.75) is 37.3 Å². The SMILES string of the molecule is CSCCC1NC2(CCN(C(=O)O)CC2)N(C)C1=O.FC(F)(F)Oc1ccccc1. The van der Waals surface area contributed by atoms with Gasteiger partial charge in [-0.2, -0.15) is 11.8 Å². The van der Waals surface area contributed by atoms with E-state index in [4.69, 9.17) is 5.11 Å². The summed E-state index contributed by atoms with van der Waals surface area (Å²) < 4.78 is 38.2. The molecule has 2 saturated heterocycles. The number of para-hydroxylation sites is 1. The highest BCUT2D eigenvalue weighted by Crippen LogP contribution is 2.32. The number of nitrogens with one attached hydrogen (secondary N) is 1. The number of carbonyl (C=O) groups is 2. The predicted molar refractivity (Wildman–Crippen MR) is 107 cm³/mol. The highest BCUT2D eigenvalue weighted by Gasteiger charge is 2.49. The molecule has 1 unspecified atom stereocenters. The topological polar surface area (TPSA) is 82.1 Å². The normalized spacial score (nSPS) is 20.7. The number of thioether (sulfide) groups is 1. The van der Waals surface area contributed by atoms with Crippen LogP contribution in [0.25, 0.3) is 0 Å². The molecule has 7 nitrogen and oxygen atoms in total. The number of benzene rings is 1. The van der Waals surface area contributed by atoms with Crippen LogP contribution in [0.5, 0.6) is 5.75 Å². The van der Waals surface area contributed by atoms with Crippen molar-refractivity contribution in [1.82, 2.24) is 15.1 Å². The van der Waals surface area contributed by atoms with E-state index in [0.717, 1.165) is 12.2 Å². The van der Waals surface area contributed by atoms with E-state index in [1.807, 2.05) is 13.3 Å². The van der Waals surface area contributed by atoms with Crippen LogP contribution in [0.3, 0.4) is 0 Å². The van der Waals surface area contributed by atoms with E-state index in [1.165, 1.54) is 29.2 Å². The van der Waals surface area contributed by atoms with Gasteiger partial charge in [0.1, 0.15) is 5.75 Å². The molecular weight excluding hydrogens is 423 g/mol. The van der Waals surface area contributed by atoms with Gasteiger partial charge in [0.25, 0.3) is 0 Å². The van der Waals surface area contributed by atoms with Crippen molar-refractivity contribution in [1.29, 1.82) is 0 Å². The minimum atomic E-state index is -4.60. The van der Waals surface area contributed by atoms with Crippen molar-refractivity contribution in [2.75, 3.05) is 32.1 Å². The first-order valence-corrected chi connectivity index (χ1v) is 10.8. The van der Waals surface area contributed by atoms with Crippen molar-refractivity contribution in [3.63, 3.8) is 0 Å². The summed E-state index contributed by atoms with van der Waals surface area (Å²) in [5.74, 6) is 0.895. The van der Waals surface area contributed by atoms with E-state index in [9.17, 15) is 22.8 Å². The zero-order valence-corrected chi connectivity index (χ0v) is 17.6. The average molecular weight is 449 g/mol. The monoisotopic (exact) mass is 449 g/mol. The Bertz CT molecular complexity index is 713. The third-order valence-corrected chi connectivity index (χ3v) is 5.81. The minimum Gasteiger partial charge on any atom is -0.465 e. The number of halogens is 3. The minimum absolute atomic E-state index is 0.117. The second-order valence-electron chi connectivity index (χ2n) is 7.04. The third-order valence-electron chi connectivity index (χ3n) is 5.16. The van der Waals surface area contributed by atoms with Gasteiger partial charge in [-0.1, -0.05) is 18.2 Å². The molecule has 2 aliphatic rings. The third kappa shape index (κ3) is 6.43. The van der Waals surface area contributed by atoms with Crippen molar-refractivity contribution >= 4 is 23.8 Å². The molecular formula is C19H26F3N3O4S. The van der Waals surface area contributed by atoms with E-state index in [-0.39, 0.29) is 23.4 Å². The van der Waals surface area contributed by atoms with Gasteiger partial charge < -0.3 is 19.6 Å². The molecule has 168 valence electrons. The summed E-state index contributed by atoms with van der Waals surface area (Å²) >= 11 is 1.73. The first kappa shape index (κ1) is 24.1. The molecule has 2 amide bonds. The molecule has 3 rings (SSSR count). The number of likely N-dealkylation sites (N-methyl/N-ethyl adjacent to an activating group) is 1. The van der Waals surface area contributed by atoms with Crippen LogP contribution in [0.1, 0.15) is 19.3 Å². The van der Waals surface area contributed by atoms with Gasteiger partial charge in [-0.25, -0.2) is 4.79 Å². The molecule has 2 N–H and O–H groups in total. The number of rotatable bonds is 4. The first-order valence-electron chi connectivity index (χ1n) is 9.41. The number of hydrogen-bond donors (Lipinski definition) is 2. The van der Waals surface area contributed by atoms with E-state index < -0.39 is 12.5 Å². The van der Waals surface area contributed by atoms with Crippen LogP contribution in [0, 0.1) is 0 Å². The Hall–Kier alpha value is -2.14. The van der Waals surface area contributed by atoms with Crippen molar-refractivity contribution in [2.24, 2.45) is 0 Å². The van der Waals surface area contributed by atoms with Crippen LogP contribution in [-0.2, 0) is 4.79 Å². The number of nitrogens with zero attached hydrogens (tertiary/aromatic N) is 2. The summed E-state index contributed by atoms with van der Waals surface area (Å²) in [5, 5.41) is 12.4. The second-order valence-corrected chi connectivity index (χ2v) is 8.02. The standard InChI is InChI=1S/C12H21N3O3S.C7H5F3O/c1-14-10(16)9(3-8-19-2)13-12(14)4-6-15(7-5-12)11(17)18;8-7(9,10)11-6-4-2-1-3-5-6/h9,13H,3-8H2,1-2H3,(H,17,18);1-5H. The maximum Gasteiger partial charge on any atom is 0.573 e. The molecule has 1 atom stereocenters. The zero-order valence-electron chi connectivity index (χ0n) is 16.8. The fourth-order valence-corrected chi connectivity index (χ4v) is 4.00. The summed E-state index contributed by atoms with van der Waals surface area (Å²) in [5.41, 5.74) is -0.341. The van der Waals surface area contributed by atoms with Crippen LogP contribution in [-0.4, -0.2) is 77.1 Å². The van der Waals surface area contributed by atoms with Gasteiger partial charge in [-0.15, -0.1) is 13.2 Å². The molecule has 1 aromatic rings. The summed E-state index contributed by atoms with van der Waals surface area (Å²) in [6, 6.07) is 6.93. The van der Waals surface area contributed by atoms with Gasteiger partial charge in [-0.05, 0) is 30.6 Å². The molecule has 0 aliphatic carbocycles. The molecule has 0 saturated carbocycles. The Morgan fingerprint density at radius 1 is 1.30 bits per heavy atom. The van der Waals surface area contributed by atoms with E-state index >= 15 is 0 Å². The molecule has 11 heteroatoms. The lowest BCUT2D eigenvalue weighted by Gasteiger charge is -2.42. The lowest BCUT2D eigenvalue weighted by molar-refractivity contribution is -0.274. The number of alkyl halides is 3. The molecule has 0 aromatic heterocycles. The summed E-state index contributed by atoms with van der Waals surface area (Å²) in [4.78, 5) is 26.4. The Kier molecular flexibility index (Phi) is 8.25. The fourth-order valence-electron chi connectivity index (χ4n) is 3.53. The summed E-state index contributed by atoms with van der Waals surface area (Å²) in [6.45, 7) is 0.963. The van der Waals surface area contributed by atoms with Gasteiger partial charge in [0.05, 0.1) is 11.7 Å². The Morgan fingerprint density at radius 3 is 2.40 bits per heavy atom. The Balaban J connectivity index is 0.000000248. The van der Waals surface area contributed by atoms with Crippen molar-refractivity contribution in [3.8, 4) is 5.75 Å². The molecule has 1 aromatic carbocycles. The number of amides is 2. The van der Waals surface area contributed by atoms with Crippen LogP contribution in [0.15, 0.2) is 30.3 Å². The first-order chi connectivity index (χ1) is 14.1. The molecule has 0 radical (unpaired) electrons. The fraction of sp³-hybridized carbons (Fsp3) is 0.579. The number of ether oxygens (including phenoxy) is 1. The van der Waals surface area contributed by atoms with Crippen molar-refractivity contribution < 1.29 is 32.6 Å². The average Bonchev–Trinajstić information content (AvgIpc) is 2.91. The lowest BCUT2D eigenvalue weighted by atomic mass is 9.96. The number of carboxylic acid groups (broad SMARTS) is 1. The highest BCUT2D eigenvalue weighted by molar-refractivity contribution is 7.98. The maximum absolute atomic E-state index is 12.2. The van der Waals surface area contributed by atoms with Crippen LogP contribution < -0.4 is 10.1 Å². The zero-order chi connectivity index (χ0) is 22.4. The lowest BCUT2D eigenvalue weighted by Crippen LogP contribution is -2.58. The van der Waals surface area contributed by atoms with E-state index in [0.29, 0.717) is 25.9 Å². The van der Waals surface area contributed by atoms with Gasteiger partial charge >= 0.3 is 12.5 Å². The van der Waals surface area contributed by atoms with Crippen molar-refractivity contribution in [3.05, 3.63) is 30.3 Å². The maximum atomic E-state index is 12.2. The van der Waals surface area contributed by atoms with E-state index in [2.05, 4.69) is 10.1 Å². The molecule has 1 spiro atoms. The number of hydrogen-bond acceptors (Lipinski definition) is 5. The molecule has 0 bridgehead atoms. The quantitative estimate of drug-likeness (QED) is 0.735. The number of piperidine rings is 1. The smallest absolute Gasteiger partial charge is 0.465 e. The molecule has 2 fully saturated rings. The largest absolute Gasteiger partial charge is 0.573 e. The van der Waals surface area contributed by atoms with Gasteiger partial charge in [-0.3, -0.25) is 10.1 Å². The second kappa shape index (κ2) is 10.3. The van der Waals surface area contributed by atoms with Crippen LogP contribution in [0.4, 0.5) is 18.0 Å². The molecule has 2 heterocycles.